The van der Waals surface area contributed by atoms with E-state index in [9.17, 15) is 4.79 Å². The first-order chi connectivity index (χ1) is 9.61. The minimum absolute atomic E-state index is 0.358. The first-order valence-electron chi connectivity index (χ1n) is 6.29. The van der Waals surface area contributed by atoms with Crippen LogP contribution in [0.4, 0.5) is 0 Å². The van der Waals surface area contributed by atoms with E-state index in [1.165, 1.54) is 7.11 Å². The summed E-state index contributed by atoms with van der Waals surface area (Å²) in [5, 5.41) is 0. The van der Waals surface area contributed by atoms with Crippen LogP contribution in [-0.2, 0) is 4.74 Å². The summed E-state index contributed by atoms with van der Waals surface area (Å²) in [4.78, 5) is 11.8. The number of methoxy groups -OCH3 is 1. The molecule has 3 rings (SSSR count). The zero-order chi connectivity index (χ0) is 14.3. The second-order valence-corrected chi connectivity index (χ2v) is 4.66. The first-order valence-corrected chi connectivity index (χ1v) is 6.29. The molecule has 0 amide bonds. The molecule has 4 heteroatoms. The number of esters is 1. The molecular formula is C16H14O4. The molecule has 2 aromatic rings. The lowest BCUT2D eigenvalue weighted by molar-refractivity contribution is 0.0596. The second-order valence-electron chi connectivity index (χ2n) is 4.66. The van der Waals surface area contributed by atoms with Crippen molar-refractivity contribution in [2.24, 2.45) is 0 Å². The number of ether oxygens (including phenoxy) is 3. The zero-order valence-corrected chi connectivity index (χ0v) is 11.5. The fourth-order valence-electron chi connectivity index (χ4n) is 2.17. The fourth-order valence-corrected chi connectivity index (χ4v) is 2.17. The van der Waals surface area contributed by atoms with Gasteiger partial charge in [0, 0.05) is 0 Å². The zero-order valence-electron chi connectivity index (χ0n) is 11.5. The number of carbonyl (C=O) groups excluding carboxylic acids is 1. The van der Waals surface area contributed by atoms with E-state index in [2.05, 4.69) is 0 Å². The molecule has 0 radical (unpaired) electrons. The molecule has 0 saturated carbocycles. The van der Waals surface area contributed by atoms with Crippen LogP contribution in [0.2, 0.25) is 0 Å². The molecule has 0 spiro atoms. The number of benzene rings is 2. The van der Waals surface area contributed by atoms with Gasteiger partial charge in [-0.25, -0.2) is 4.79 Å². The Labute approximate surface area is 116 Å². The third-order valence-corrected chi connectivity index (χ3v) is 3.45. The van der Waals surface area contributed by atoms with Crippen LogP contribution in [0.25, 0.3) is 0 Å². The Kier molecular flexibility index (Phi) is 2.86. The highest BCUT2D eigenvalue weighted by Gasteiger charge is 2.26. The van der Waals surface area contributed by atoms with E-state index < -0.39 is 5.97 Å². The lowest BCUT2D eigenvalue weighted by Crippen LogP contribution is -2.08. The predicted molar refractivity (Wildman–Crippen MR) is 73.8 cm³/mol. The molecule has 0 aromatic heterocycles. The molecule has 1 aliphatic rings. The molecule has 0 unspecified atom stereocenters. The highest BCUT2D eigenvalue weighted by Crippen LogP contribution is 2.48. The van der Waals surface area contributed by atoms with Crippen LogP contribution in [0.15, 0.2) is 30.3 Å². The van der Waals surface area contributed by atoms with Crippen molar-refractivity contribution in [2.75, 3.05) is 7.11 Å². The maximum absolute atomic E-state index is 11.8. The van der Waals surface area contributed by atoms with Gasteiger partial charge in [-0.05, 0) is 43.2 Å². The van der Waals surface area contributed by atoms with Crippen molar-refractivity contribution < 1.29 is 19.0 Å². The average Bonchev–Trinajstić information content (AvgIpc) is 2.48. The van der Waals surface area contributed by atoms with Gasteiger partial charge >= 0.3 is 5.97 Å². The number of carbonyl (C=O) groups is 1. The van der Waals surface area contributed by atoms with Gasteiger partial charge in [0.2, 0.25) is 0 Å². The van der Waals surface area contributed by atoms with Crippen molar-refractivity contribution in [3.8, 4) is 23.0 Å². The number of para-hydroxylation sites is 1. The van der Waals surface area contributed by atoms with Gasteiger partial charge in [0.15, 0.2) is 23.0 Å². The Morgan fingerprint density at radius 1 is 1.00 bits per heavy atom. The quantitative estimate of drug-likeness (QED) is 0.627. The second kappa shape index (κ2) is 4.56. The topological polar surface area (TPSA) is 44.8 Å². The summed E-state index contributed by atoms with van der Waals surface area (Å²) < 4.78 is 16.5. The molecule has 0 saturated heterocycles. The van der Waals surface area contributed by atoms with Gasteiger partial charge < -0.3 is 14.2 Å². The Balaban J connectivity index is 2.14. The molecule has 1 heterocycles. The highest BCUT2D eigenvalue weighted by molar-refractivity contribution is 5.94. The van der Waals surface area contributed by atoms with Crippen LogP contribution in [0.1, 0.15) is 21.5 Å². The summed E-state index contributed by atoms with van der Waals surface area (Å²) in [6.45, 7) is 3.96. The smallest absolute Gasteiger partial charge is 0.341 e. The van der Waals surface area contributed by atoms with E-state index in [-0.39, 0.29) is 0 Å². The van der Waals surface area contributed by atoms with E-state index in [0.29, 0.717) is 28.6 Å². The normalized spacial score (nSPS) is 11.8. The summed E-state index contributed by atoms with van der Waals surface area (Å²) in [5.74, 6) is 1.78. The molecule has 0 bridgehead atoms. The average molecular weight is 270 g/mol. The molecular weight excluding hydrogens is 256 g/mol. The van der Waals surface area contributed by atoms with Crippen LogP contribution in [0.3, 0.4) is 0 Å². The number of fused-ring (bicyclic) bond motifs is 2. The molecule has 4 nitrogen and oxygen atoms in total. The standard InChI is InChI=1S/C16H14O4/c1-9-7-8-13-14(10(9)2)20-15-11(16(17)18-3)5-4-6-12(15)19-13/h4-8H,1-3H3. The van der Waals surface area contributed by atoms with Crippen LogP contribution in [0.5, 0.6) is 23.0 Å². The van der Waals surface area contributed by atoms with E-state index in [0.717, 1.165) is 11.1 Å². The van der Waals surface area contributed by atoms with Crippen LogP contribution < -0.4 is 9.47 Å². The summed E-state index contributed by atoms with van der Waals surface area (Å²) in [6, 6.07) is 9.00. The molecule has 0 N–H and O–H groups in total. The van der Waals surface area contributed by atoms with Gasteiger partial charge in [-0.3, -0.25) is 0 Å². The van der Waals surface area contributed by atoms with Crippen LogP contribution >= 0.6 is 0 Å². The highest BCUT2D eigenvalue weighted by atomic mass is 16.6. The van der Waals surface area contributed by atoms with Crippen molar-refractivity contribution in [3.05, 3.63) is 47.0 Å². The molecule has 1 aliphatic heterocycles. The van der Waals surface area contributed by atoms with Crippen molar-refractivity contribution in [1.82, 2.24) is 0 Å². The van der Waals surface area contributed by atoms with E-state index >= 15 is 0 Å². The number of hydrogen-bond acceptors (Lipinski definition) is 4. The van der Waals surface area contributed by atoms with Crippen molar-refractivity contribution in [3.63, 3.8) is 0 Å². The van der Waals surface area contributed by atoms with Crippen LogP contribution in [0, 0.1) is 13.8 Å². The molecule has 0 atom stereocenters. The number of hydrogen-bond donors (Lipinski definition) is 0. The third-order valence-electron chi connectivity index (χ3n) is 3.45. The number of rotatable bonds is 1. The van der Waals surface area contributed by atoms with Gasteiger partial charge in [-0.1, -0.05) is 12.1 Å². The Bertz CT molecular complexity index is 704. The van der Waals surface area contributed by atoms with Gasteiger partial charge in [0.1, 0.15) is 5.56 Å². The Morgan fingerprint density at radius 2 is 1.75 bits per heavy atom. The lowest BCUT2D eigenvalue weighted by Gasteiger charge is -2.24. The summed E-state index contributed by atoms with van der Waals surface area (Å²) >= 11 is 0. The van der Waals surface area contributed by atoms with E-state index in [4.69, 9.17) is 14.2 Å². The molecule has 0 fully saturated rings. The summed E-state index contributed by atoms with van der Waals surface area (Å²) in [6.07, 6.45) is 0. The lowest BCUT2D eigenvalue weighted by atomic mass is 10.1. The Morgan fingerprint density at radius 3 is 2.50 bits per heavy atom. The minimum Gasteiger partial charge on any atom is -0.465 e. The van der Waals surface area contributed by atoms with E-state index in [1.807, 2.05) is 26.0 Å². The summed E-state index contributed by atoms with van der Waals surface area (Å²) in [7, 11) is 1.34. The molecule has 20 heavy (non-hydrogen) atoms. The molecule has 2 aromatic carbocycles. The third kappa shape index (κ3) is 1.81. The Hall–Kier alpha value is -2.49. The van der Waals surface area contributed by atoms with Gasteiger partial charge in [-0.15, -0.1) is 0 Å². The van der Waals surface area contributed by atoms with Crippen molar-refractivity contribution >= 4 is 5.97 Å². The largest absolute Gasteiger partial charge is 0.465 e. The van der Waals surface area contributed by atoms with Gasteiger partial charge in [0.05, 0.1) is 7.11 Å². The SMILES string of the molecule is COC(=O)c1cccc2c1Oc1c(ccc(C)c1C)O2. The molecule has 102 valence electrons. The number of aryl methyl sites for hydroxylation is 1. The van der Waals surface area contributed by atoms with Gasteiger partial charge in [0.25, 0.3) is 0 Å². The predicted octanol–water partition coefficient (Wildman–Crippen LogP) is 3.99. The minimum atomic E-state index is -0.445. The first kappa shape index (κ1) is 12.5. The van der Waals surface area contributed by atoms with Gasteiger partial charge in [-0.2, -0.15) is 0 Å². The fraction of sp³-hybridized carbons (Fsp3) is 0.188. The maximum atomic E-state index is 11.8. The monoisotopic (exact) mass is 270 g/mol. The van der Waals surface area contributed by atoms with Crippen molar-refractivity contribution in [1.29, 1.82) is 0 Å². The van der Waals surface area contributed by atoms with Crippen molar-refractivity contribution in [2.45, 2.75) is 13.8 Å². The molecule has 0 aliphatic carbocycles. The summed E-state index contributed by atoms with van der Waals surface area (Å²) in [5.41, 5.74) is 2.45. The maximum Gasteiger partial charge on any atom is 0.341 e. The van der Waals surface area contributed by atoms with Crippen LogP contribution in [-0.4, -0.2) is 13.1 Å². The van der Waals surface area contributed by atoms with E-state index in [1.54, 1.807) is 18.2 Å².